The molecule has 1 aromatic rings. The smallest absolute Gasteiger partial charge is 0.251 e. The topological polar surface area (TPSA) is 79.5 Å². The number of nitrogens with one attached hydrogen (secondary N) is 3. The van der Waals surface area contributed by atoms with Gasteiger partial charge in [-0.3, -0.25) is 9.59 Å². The fourth-order valence-electron chi connectivity index (χ4n) is 2.15. The van der Waals surface area contributed by atoms with Crippen molar-refractivity contribution in [3.05, 3.63) is 29.8 Å². The van der Waals surface area contributed by atoms with E-state index < -0.39 is 0 Å². The first kappa shape index (κ1) is 15.5. The number of benzene rings is 1. The minimum Gasteiger partial charge on any atom is -0.378 e. The largest absolute Gasteiger partial charge is 0.378 e. The molecule has 0 saturated carbocycles. The summed E-state index contributed by atoms with van der Waals surface area (Å²) in [7, 11) is 0. The Bertz CT molecular complexity index is 481. The lowest BCUT2D eigenvalue weighted by Crippen LogP contribution is -2.43. The Morgan fingerprint density at radius 3 is 2.71 bits per heavy atom. The van der Waals surface area contributed by atoms with E-state index >= 15 is 0 Å². The molecule has 21 heavy (non-hydrogen) atoms. The number of rotatable bonds is 5. The number of morpholine rings is 1. The highest BCUT2D eigenvalue weighted by Crippen LogP contribution is 2.10. The Hall–Kier alpha value is -1.92. The van der Waals surface area contributed by atoms with Gasteiger partial charge in [0.1, 0.15) is 0 Å². The zero-order valence-corrected chi connectivity index (χ0v) is 12.1. The summed E-state index contributed by atoms with van der Waals surface area (Å²) in [5, 5.41) is 8.78. The van der Waals surface area contributed by atoms with Crippen LogP contribution in [0.1, 0.15) is 23.7 Å². The van der Waals surface area contributed by atoms with Gasteiger partial charge in [-0.05, 0) is 31.2 Å². The van der Waals surface area contributed by atoms with Crippen molar-refractivity contribution >= 4 is 17.5 Å². The summed E-state index contributed by atoms with van der Waals surface area (Å²) in [6.45, 7) is 4.49. The molecule has 1 unspecified atom stereocenters. The molecule has 2 rings (SSSR count). The lowest BCUT2D eigenvalue weighted by atomic mass is 10.1. The van der Waals surface area contributed by atoms with Crippen molar-refractivity contribution in [3.8, 4) is 0 Å². The maximum absolute atomic E-state index is 11.9. The number of ether oxygens (including phenoxy) is 1. The fourth-order valence-corrected chi connectivity index (χ4v) is 2.15. The van der Waals surface area contributed by atoms with Crippen LogP contribution >= 0.6 is 0 Å². The molecule has 6 nitrogen and oxygen atoms in total. The summed E-state index contributed by atoms with van der Waals surface area (Å²) < 4.78 is 5.31. The summed E-state index contributed by atoms with van der Waals surface area (Å²) in [5.41, 5.74) is 1.27. The van der Waals surface area contributed by atoms with E-state index in [0.29, 0.717) is 37.4 Å². The molecular formula is C15H21N3O3. The monoisotopic (exact) mass is 291 g/mol. The molecule has 0 aromatic heterocycles. The second kappa shape index (κ2) is 7.75. The second-order valence-corrected chi connectivity index (χ2v) is 4.92. The summed E-state index contributed by atoms with van der Waals surface area (Å²) in [5.74, 6) is -0.178. The van der Waals surface area contributed by atoms with Crippen molar-refractivity contribution in [2.24, 2.45) is 0 Å². The number of carbonyl (C=O) groups excluding carboxylic acids is 2. The first-order valence-electron chi connectivity index (χ1n) is 7.18. The maximum Gasteiger partial charge on any atom is 0.251 e. The highest BCUT2D eigenvalue weighted by Gasteiger charge is 2.16. The Balaban J connectivity index is 1.84. The Morgan fingerprint density at radius 1 is 1.33 bits per heavy atom. The van der Waals surface area contributed by atoms with Crippen LogP contribution < -0.4 is 16.0 Å². The molecule has 1 aliphatic heterocycles. The van der Waals surface area contributed by atoms with Crippen LogP contribution in [0.25, 0.3) is 0 Å². The minimum absolute atomic E-state index is 0.0633. The van der Waals surface area contributed by atoms with Crippen LogP contribution in [0.2, 0.25) is 0 Å². The van der Waals surface area contributed by atoms with Gasteiger partial charge in [-0.1, -0.05) is 0 Å². The quantitative estimate of drug-likeness (QED) is 0.748. The lowest BCUT2D eigenvalue weighted by Gasteiger charge is -2.23. The molecule has 1 fully saturated rings. The van der Waals surface area contributed by atoms with E-state index in [1.54, 1.807) is 24.3 Å². The number of hydrogen-bond acceptors (Lipinski definition) is 4. The van der Waals surface area contributed by atoms with Crippen LogP contribution in [0.15, 0.2) is 24.3 Å². The minimum atomic E-state index is -0.112. The molecule has 0 aliphatic carbocycles. The number of hydrogen-bond donors (Lipinski definition) is 3. The Morgan fingerprint density at radius 2 is 2.10 bits per heavy atom. The second-order valence-electron chi connectivity index (χ2n) is 4.92. The molecule has 1 atom stereocenters. The first-order chi connectivity index (χ1) is 10.2. The first-order valence-corrected chi connectivity index (χ1v) is 7.18. The SMILES string of the molecule is CCNC(=O)c1ccc(NC(=O)CC2COCCN2)cc1. The number of carbonyl (C=O) groups is 2. The van der Waals surface area contributed by atoms with Crippen molar-refractivity contribution in [3.63, 3.8) is 0 Å². The van der Waals surface area contributed by atoms with Gasteiger partial charge in [0.25, 0.3) is 5.91 Å². The molecule has 1 heterocycles. The standard InChI is InChI=1S/C15H21N3O3/c1-2-16-15(20)11-3-5-12(6-4-11)18-14(19)9-13-10-21-8-7-17-13/h3-6,13,17H,2,7-10H2,1H3,(H,16,20)(H,18,19). The van der Waals surface area contributed by atoms with E-state index in [2.05, 4.69) is 16.0 Å². The lowest BCUT2D eigenvalue weighted by molar-refractivity contribution is -0.117. The van der Waals surface area contributed by atoms with Gasteiger partial charge in [-0.2, -0.15) is 0 Å². The van der Waals surface area contributed by atoms with Gasteiger partial charge < -0.3 is 20.7 Å². The molecule has 2 amide bonds. The van der Waals surface area contributed by atoms with E-state index in [-0.39, 0.29) is 17.9 Å². The van der Waals surface area contributed by atoms with Crippen LogP contribution in [0.4, 0.5) is 5.69 Å². The molecule has 1 aliphatic rings. The Labute approximate surface area is 124 Å². The van der Waals surface area contributed by atoms with Crippen molar-refractivity contribution in [1.29, 1.82) is 0 Å². The predicted octanol–water partition coefficient (Wildman–Crippen LogP) is 0.753. The highest BCUT2D eigenvalue weighted by molar-refractivity contribution is 5.95. The molecule has 0 bridgehead atoms. The van der Waals surface area contributed by atoms with Gasteiger partial charge >= 0.3 is 0 Å². The van der Waals surface area contributed by atoms with Crippen LogP contribution in [-0.2, 0) is 9.53 Å². The number of anilines is 1. The fraction of sp³-hybridized carbons (Fsp3) is 0.467. The molecule has 3 N–H and O–H groups in total. The average Bonchev–Trinajstić information content (AvgIpc) is 2.49. The van der Waals surface area contributed by atoms with E-state index in [1.165, 1.54) is 0 Å². The van der Waals surface area contributed by atoms with E-state index in [1.807, 2.05) is 6.92 Å². The predicted molar refractivity (Wildman–Crippen MR) is 80.3 cm³/mol. The highest BCUT2D eigenvalue weighted by atomic mass is 16.5. The summed E-state index contributed by atoms with van der Waals surface area (Å²) in [4.78, 5) is 23.5. The molecular weight excluding hydrogens is 270 g/mol. The molecule has 6 heteroatoms. The molecule has 0 spiro atoms. The van der Waals surface area contributed by atoms with E-state index in [4.69, 9.17) is 4.74 Å². The van der Waals surface area contributed by atoms with Crippen LogP contribution in [-0.4, -0.2) is 44.2 Å². The zero-order chi connectivity index (χ0) is 15.1. The molecule has 114 valence electrons. The maximum atomic E-state index is 11.9. The Kier molecular flexibility index (Phi) is 5.71. The van der Waals surface area contributed by atoms with Crippen molar-refractivity contribution in [2.45, 2.75) is 19.4 Å². The zero-order valence-electron chi connectivity index (χ0n) is 12.1. The van der Waals surface area contributed by atoms with Crippen LogP contribution in [0, 0.1) is 0 Å². The number of amides is 2. The normalized spacial score (nSPS) is 18.0. The van der Waals surface area contributed by atoms with Gasteiger partial charge in [0.15, 0.2) is 0 Å². The van der Waals surface area contributed by atoms with Crippen LogP contribution in [0.3, 0.4) is 0 Å². The third-order valence-corrected chi connectivity index (χ3v) is 3.20. The van der Waals surface area contributed by atoms with E-state index in [0.717, 1.165) is 6.54 Å². The molecule has 1 aromatic carbocycles. The van der Waals surface area contributed by atoms with Gasteiger partial charge in [0.2, 0.25) is 5.91 Å². The van der Waals surface area contributed by atoms with Gasteiger partial charge in [-0.25, -0.2) is 0 Å². The summed E-state index contributed by atoms with van der Waals surface area (Å²) >= 11 is 0. The molecule has 0 radical (unpaired) electrons. The molecule has 1 saturated heterocycles. The van der Waals surface area contributed by atoms with Crippen molar-refractivity contribution < 1.29 is 14.3 Å². The van der Waals surface area contributed by atoms with Gasteiger partial charge in [-0.15, -0.1) is 0 Å². The van der Waals surface area contributed by atoms with E-state index in [9.17, 15) is 9.59 Å². The van der Waals surface area contributed by atoms with Gasteiger partial charge in [0, 0.05) is 36.8 Å². The average molecular weight is 291 g/mol. The van der Waals surface area contributed by atoms with Gasteiger partial charge in [0.05, 0.1) is 13.2 Å². The third-order valence-electron chi connectivity index (χ3n) is 3.20. The summed E-state index contributed by atoms with van der Waals surface area (Å²) in [6, 6.07) is 6.92. The third kappa shape index (κ3) is 4.84. The van der Waals surface area contributed by atoms with Crippen molar-refractivity contribution in [2.75, 3.05) is 31.6 Å². The van der Waals surface area contributed by atoms with Crippen molar-refractivity contribution in [1.82, 2.24) is 10.6 Å². The summed E-state index contributed by atoms with van der Waals surface area (Å²) in [6.07, 6.45) is 0.373. The van der Waals surface area contributed by atoms with Crippen LogP contribution in [0.5, 0.6) is 0 Å².